The molecule has 3 aliphatic heterocycles. The highest BCUT2D eigenvalue weighted by atomic mass is 79.9. The molecular weight excluding hydrogens is 412 g/mol. The lowest BCUT2D eigenvalue weighted by atomic mass is 9.53. The van der Waals surface area contributed by atoms with Crippen molar-refractivity contribution in [3.05, 3.63) is 0 Å². The number of sulfone groups is 1. The first-order chi connectivity index (χ1) is 9.43. The molecule has 3 heterocycles. The smallest absolute Gasteiger partial charge is 0.193 e. The van der Waals surface area contributed by atoms with Crippen molar-refractivity contribution < 1.29 is 17.9 Å². The number of hydrogen-bond donors (Lipinski definition) is 0. The number of hydrogen-bond acceptors (Lipinski definition) is 4. The molecule has 7 heteroatoms. The third-order valence-electron chi connectivity index (χ3n) is 5.66. The minimum absolute atomic E-state index is 0.124. The van der Waals surface area contributed by atoms with Crippen molar-refractivity contribution in [3.8, 4) is 0 Å². The first-order valence-electron chi connectivity index (χ1n) is 7.19. The van der Waals surface area contributed by atoms with Crippen molar-refractivity contribution in [1.82, 2.24) is 0 Å². The number of halogens is 2. The van der Waals surface area contributed by atoms with Crippen molar-refractivity contribution in [3.63, 3.8) is 0 Å². The quantitative estimate of drug-likeness (QED) is 0.552. The molecule has 1 spiro atoms. The zero-order valence-corrected chi connectivity index (χ0v) is 15.0. The Morgan fingerprint density at radius 1 is 0.850 bits per heavy atom. The molecule has 0 N–H and O–H groups in total. The Labute approximate surface area is 136 Å². The van der Waals surface area contributed by atoms with Crippen LogP contribution in [0, 0.1) is 23.7 Å². The molecule has 2 atom stereocenters. The van der Waals surface area contributed by atoms with Gasteiger partial charge in [0.25, 0.3) is 0 Å². The lowest BCUT2D eigenvalue weighted by Crippen LogP contribution is -2.64. The second-order valence-corrected chi connectivity index (χ2v) is 10.9. The van der Waals surface area contributed by atoms with E-state index in [1.54, 1.807) is 0 Å². The zero-order valence-electron chi connectivity index (χ0n) is 11.0. The third-order valence-corrected chi connectivity index (χ3v) is 9.47. The summed E-state index contributed by atoms with van der Waals surface area (Å²) in [6.45, 7) is 1.28. The Bertz CT molecular complexity index is 474. The maximum Gasteiger partial charge on any atom is 0.193 e. The summed E-state index contributed by atoms with van der Waals surface area (Å²) >= 11 is 7.54. The van der Waals surface area contributed by atoms with Crippen LogP contribution in [0.1, 0.15) is 12.8 Å². The predicted octanol–water partition coefficient (Wildman–Crippen LogP) is 1.96. The second kappa shape index (κ2) is 4.66. The Balaban J connectivity index is 1.62. The van der Waals surface area contributed by atoms with E-state index in [9.17, 15) is 8.42 Å². The maximum absolute atomic E-state index is 11.9. The van der Waals surface area contributed by atoms with Gasteiger partial charge in [0.05, 0.1) is 34.4 Å². The van der Waals surface area contributed by atoms with E-state index in [4.69, 9.17) is 9.47 Å². The lowest BCUT2D eigenvalue weighted by Gasteiger charge is -2.60. The van der Waals surface area contributed by atoms with Crippen molar-refractivity contribution in [2.24, 2.45) is 23.7 Å². The van der Waals surface area contributed by atoms with E-state index in [1.165, 1.54) is 0 Å². The molecular formula is C13H18Br2O4S. The van der Waals surface area contributed by atoms with E-state index in [1.807, 2.05) is 0 Å². The molecule has 0 aromatic heterocycles. The molecule has 6 fully saturated rings. The summed E-state index contributed by atoms with van der Waals surface area (Å²) in [7, 11) is -2.81. The number of fused-ring (bicyclic) bond motifs is 4. The van der Waals surface area contributed by atoms with Gasteiger partial charge in [-0.05, 0) is 36.5 Å². The van der Waals surface area contributed by atoms with Crippen molar-refractivity contribution in [2.45, 2.75) is 28.3 Å². The highest BCUT2D eigenvalue weighted by Gasteiger charge is 2.63. The zero-order chi connectivity index (χ0) is 14.1. The maximum atomic E-state index is 11.9. The van der Waals surface area contributed by atoms with Crippen molar-refractivity contribution in [2.75, 3.05) is 24.7 Å². The summed E-state index contributed by atoms with van der Waals surface area (Å²) in [4.78, 5) is 0.248. The Hall–Kier alpha value is 0.830. The summed E-state index contributed by atoms with van der Waals surface area (Å²) < 4.78 is 35.6. The summed E-state index contributed by atoms with van der Waals surface area (Å²) in [6, 6.07) is 0. The predicted molar refractivity (Wildman–Crippen MR) is 81.9 cm³/mol. The van der Waals surface area contributed by atoms with Gasteiger partial charge in [0.15, 0.2) is 15.6 Å². The molecule has 3 saturated heterocycles. The normalized spacial score (nSPS) is 52.1. The summed E-state index contributed by atoms with van der Waals surface area (Å²) in [5.41, 5.74) is 0. The molecule has 3 aliphatic carbocycles. The van der Waals surface area contributed by atoms with E-state index in [2.05, 4.69) is 31.9 Å². The monoisotopic (exact) mass is 428 g/mol. The molecule has 3 saturated carbocycles. The van der Waals surface area contributed by atoms with Gasteiger partial charge >= 0.3 is 0 Å². The van der Waals surface area contributed by atoms with E-state index in [-0.39, 0.29) is 9.65 Å². The standard InChI is InChI=1S/C13H18Br2O4S/c14-11-3-7-9-5-20(16,17)6-10(7)8(9)4-12(15)13(11)18-1-2-19-13/h7-12H,1-6H2/t7?,8?,9?,10?,11-,12-/m0/s1. The molecule has 4 nitrogen and oxygen atoms in total. The van der Waals surface area contributed by atoms with Gasteiger partial charge in [-0.25, -0.2) is 8.42 Å². The molecule has 0 aromatic rings. The van der Waals surface area contributed by atoms with Gasteiger partial charge in [-0.3, -0.25) is 0 Å². The fourth-order valence-corrected chi connectivity index (χ4v) is 9.46. The Morgan fingerprint density at radius 3 is 1.75 bits per heavy atom. The molecule has 114 valence electrons. The fourth-order valence-electron chi connectivity index (χ4n) is 4.78. The van der Waals surface area contributed by atoms with Crippen molar-refractivity contribution >= 4 is 41.7 Å². The molecule has 4 bridgehead atoms. The van der Waals surface area contributed by atoms with Crippen LogP contribution in [0.2, 0.25) is 0 Å². The Kier molecular flexibility index (Phi) is 3.36. The number of ether oxygens (including phenoxy) is 2. The molecule has 20 heavy (non-hydrogen) atoms. The molecule has 0 aromatic carbocycles. The van der Waals surface area contributed by atoms with Gasteiger partial charge < -0.3 is 9.47 Å². The first-order valence-corrected chi connectivity index (χ1v) is 10.8. The SMILES string of the molecule is O=S1(=O)CC2C3C[C@H](Br)C4(OCCO4)[C@@H](Br)CC2C3C1. The first kappa shape index (κ1) is 14.4. The number of alkyl halides is 2. The van der Waals surface area contributed by atoms with Crippen LogP contribution in [-0.4, -0.2) is 48.6 Å². The largest absolute Gasteiger partial charge is 0.345 e. The summed E-state index contributed by atoms with van der Waals surface area (Å²) in [5, 5.41) is 0. The van der Waals surface area contributed by atoms with Gasteiger partial charge in [-0.1, -0.05) is 31.9 Å². The van der Waals surface area contributed by atoms with Crippen LogP contribution in [0.3, 0.4) is 0 Å². The minimum Gasteiger partial charge on any atom is -0.345 e. The van der Waals surface area contributed by atoms with E-state index >= 15 is 0 Å². The number of rotatable bonds is 0. The van der Waals surface area contributed by atoms with Crippen LogP contribution >= 0.6 is 31.9 Å². The summed E-state index contributed by atoms with van der Waals surface area (Å²) in [5.74, 6) is 1.91. The second-order valence-electron chi connectivity index (χ2n) is 6.56. The van der Waals surface area contributed by atoms with Gasteiger partial charge in [0.1, 0.15) is 0 Å². The van der Waals surface area contributed by atoms with E-state index in [0.717, 1.165) is 12.8 Å². The lowest BCUT2D eigenvalue weighted by molar-refractivity contribution is -0.181. The van der Waals surface area contributed by atoms with Gasteiger partial charge in [0.2, 0.25) is 0 Å². The molecule has 0 unspecified atom stereocenters. The topological polar surface area (TPSA) is 52.6 Å². The van der Waals surface area contributed by atoms with E-state index in [0.29, 0.717) is 48.4 Å². The van der Waals surface area contributed by atoms with Gasteiger partial charge in [0, 0.05) is 0 Å². The average Bonchev–Trinajstić information content (AvgIpc) is 2.88. The average molecular weight is 430 g/mol. The van der Waals surface area contributed by atoms with Gasteiger partial charge in [-0.15, -0.1) is 0 Å². The molecule has 6 aliphatic rings. The fraction of sp³-hybridized carbons (Fsp3) is 1.00. The van der Waals surface area contributed by atoms with Crippen LogP contribution in [0.25, 0.3) is 0 Å². The van der Waals surface area contributed by atoms with Crippen LogP contribution in [0.15, 0.2) is 0 Å². The van der Waals surface area contributed by atoms with Gasteiger partial charge in [-0.2, -0.15) is 0 Å². The van der Waals surface area contributed by atoms with Crippen LogP contribution in [0.4, 0.5) is 0 Å². The van der Waals surface area contributed by atoms with Crippen LogP contribution < -0.4 is 0 Å². The molecule has 6 rings (SSSR count). The highest BCUT2D eigenvalue weighted by molar-refractivity contribution is 9.10. The van der Waals surface area contributed by atoms with Crippen LogP contribution in [-0.2, 0) is 19.3 Å². The Morgan fingerprint density at radius 2 is 1.30 bits per heavy atom. The van der Waals surface area contributed by atoms with E-state index < -0.39 is 15.6 Å². The summed E-state index contributed by atoms with van der Waals surface area (Å²) in [6.07, 6.45) is 1.90. The van der Waals surface area contributed by atoms with Crippen molar-refractivity contribution in [1.29, 1.82) is 0 Å². The third kappa shape index (κ3) is 1.92. The molecule has 0 amide bonds. The minimum atomic E-state index is -2.81. The van der Waals surface area contributed by atoms with Crippen LogP contribution in [0.5, 0.6) is 0 Å². The highest BCUT2D eigenvalue weighted by Crippen LogP contribution is 2.60. The molecule has 0 radical (unpaired) electrons.